The first-order chi connectivity index (χ1) is 11.4. The average molecular weight is 333 g/mol. The number of nitrogens with zero attached hydrogens (tertiary/aromatic N) is 3. The molecule has 0 spiro atoms. The van der Waals surface area contributed by atoms with Crippen LogP contribution in [-0.4, -0.2) is 45.7 Å². The van der Waals surface area contributed by atoms with E-state index in [1.54, 1.807) is 13.8 Å². The highest BCUT2D eigenvalue weighted by Gasteiger charge is 2.29. The summed E-state index contributed by atoms with van der Waals surface area (Å²) < 4.78 is 0. The van der Waals surface area contributed by atoms with Gasteiger partial charge < -0.3 is 16.0 Å². The van der Waals surface area contributed by atoms with Crippen molar-refractivity contribution in [2.45, 2.75) is 45.6 Å². The molecule has 0 radical (unpaired) electrons. The van der Waals surface area contributed by atoms with Gasteiger partial charge in [-0.1, -0.05) is 0 Å². The van der Waals surface area contributed by atoms with Crippen LogP contribution in [0.25, 0.3) is 0 Å². The Balaban J connectivity index is 2.04. The largest absolute Gasteiger partial charge is 0.368 e. The number of carbonyl (C=O) groups excluding carboxylic acids is 3. The molecule has 1 fully saturated rings. The number of aromatic nitrogens is 2. The minimum atomic E-state index is -0.575. The van der Waals surface area contributed by atoms with Gasteiger partial charge >= 0.3 is 0 Å². The van der Waals surface area contributed by atoms with Gasteiger partial charge in [-0.15, -0.1) is 0 Å². The molecule has 1 aromatic rings. The van der Waals surface area contributed by atoms with Crippen LogP contribution in [0.4, 0.5) is 0 Å². The molecule has 24 heavy (non-hydrogen) atoms. The van der Waals surface area contributed by atoms with Crippen LogP contribution in [0.2, 0.25) is 0 Å². The van der Waals surface area contributed by atoms with Crippen LogP contribution in [0.1, 0.15) is 49.4 Å². The molecule has 1 unspecified atom stereocenters. The molecule has 8 heteroatoms. The van der Waals surface area contributed by atoms with Gasteiger partial charge in [-0.2, -0.15) is 0 Å². The Kier molecular flexibility index (Phi) is 5.83. The van der Waals surface area contributed by atoms with Crippen molar-refractivity contribution in [3.63, 3.8) is 0 Å². The Labute approximate surface area is 140 Å². The van der Waals surface area contributed by atoms with Crippen molar-refractivity contribution < 1.29 is 14.4 Å². The molecule has 3 amide bonds. The van der Waals surface area contributed by atoms with Crippen LogP contribution >= 0.6 is 0 Å². The Morgan fingerprint density at radius 1 is 1.38 bits per heavy atom. The topological polar surface area (TPSA) is 118 Å². The number of likely N-dealkylation sites (tertiary alicyclic amines) is 1. The fourth-order valence-corrected chi connectivity index (χ4v) is 2.92. The Morgan fingerprint density at radius 3 is 2.79 bits per heavy atom. The normalized spacial score (nSPS) is 16.9. The molecule has 2 rings (SSSR count). The maximum absolute atomic E-state index is 11.7. The zero-order valence-electron chi connectivity index (χ0n) is 14.0. The van der Waals surface area contributed by atoms with Gasteiger partial charge in [0.1, 0.15) is 5.82 Å². The molecule has 8 nitrogen and oxygen atoms in total. The minimum Gasteiger partial charge on any atom is -0.368 e. The third-order valence-electron chi connectivity index (χ3n) is 3.98. The van der Waals surface area contributed by atoms with Gasteiger partial charge in [0.2, 0.25) is 17.7 Å². The predicted octanol–water partition coefficient (Wildman–Crippen LogP) is 0.00252. The summed E-state index contributed by atoms with van der Waals surface area (Å²) in [5.41, 5.74) is 6.56. The number of nitrogens with two attached hydrogens (primary N) is 1. The molecule has 0 aliphatic carbocycles. The van der Waals surface area contributed by atoms with Gasteiger partial charge in [0.05, 0.1) is 18.3 Å². The average Bonchev–Trinajstić information content (AvgIpc) is 3.00. The number of hydrogen-bond acceptors (Lipinski definition) is 5. The molecule has 1 aliphatic heterocycles. The molecule has 1 atom stereocenters. The minimum absolute atomic E-state index is 0.0216. The summed E-state index contributed by atoms with van der Waals surface area (Å²) in [6.07, 6.45) is 2.49. The van der Waals surface area contributed by atoms with Gasteiger partial charge in [-0.3, -0.25) is 14.4 Å². The highest BCUT2D eigenvalue weighted by molar-refractivity contribution is 5.83. The van der Waals surface area contributed by atoms with Crippen molar-refractivity contribution in [3.8, 4) is 0 Å². The van der Waals surface area contributed by atoms with Crippen molar-refractivity contribution in [1.29, 1.82) is 0 Å². The number of primary amides is 1. The highest BCUT2D eigenvalue weighted by Crippen LogP contribution is 2.31. The standard InChI is InChI=1S/C16H23N5O3/c1-10-19-12(5-6-16(24)18-9-15(17)23)8-13(20-10)14-4-3-7-21(14)11(2)22/h8,14H,3-7,9H2,1-2H3,(H2,17,23)(H,18,24). The Morgan fingerprint density at radius 2 is 2.12 bits per heavy atom. The van der Waals surface area contributed by atoms with Crippen molar-refractivity contribution in [3.05, 3.63) is 23.3 Å². The number of nitrogens with one attached hydrogen (secondary N) is 1. The van der Waals surface area contributed by atoms with Crippen LogP contribution < -0.4 is 11.1 Å². The third-order valence-corrected chi connectivity index (χ3v) is 3.98. The Bertz CT molecular complexity index is 647. The highest BCUT2D eigenvalue weighted by atomic mass is 16.2. The fraction of sp³-hybridized carbons (Fsp3) is 0.562. The van der Waals surface area contributed by atoms with Crippen molar-refractivity contribution in [2.24, 2.45) is 5.73 Å². The monoisotopic (exact) mass is 333 g/mol. The maximum atomic E-state index is 11.7. The van der Waals surface area contributed by atoms with E-state index < -0.39 is 5.91 Å². The van der Waals surface area contributed by atoms with Gasteiger partial charge in [0.15, 0.2) is 0 Å². The van der Waals surface area contributed by atoms with E-state index in [4.69, 9.17) is 5.73 Å². The molecule has 1 saturated heterocycles. The van der Waals surface area contributed by atoms with E-state index in [1.165, 1.54) is 0 Å². The molecule has 0 saturated carbocycles. The van der Waals surface area contributed by atoms with Gasteiger partial charge in [0.25, 0.3) is 0 Å². The SMILES string of the molecule is CC(=O)N1CCCC1c1cc(CCC(=O)NCC(N)=O)nc(C)n1. The summed E-state index contributed by atoms with van der Waals surface area (Å²) in [5.74, 6) is -0.163. The first kappa shape index (κ1) is 17.8. The van der Waals surface area contributed by atoms with Crippen LogP contribution in [0.5, 0.6) is 0 Å². The zero-order valence-corrected chi connectivity index (χ0v) is 14.0. The fourth-order valence-electron chi connectivity index (χ4n) is 2.92. The van der Waals surface area contributed by atoms with Gasteiger partial charge in [0, 0.05) is 25.6 Å². The third kappa shape index (κ3) is 4.74. The molecule has 3 N–H and O–H groups in total. The lowest BCUT2D eigenvalue weighted by atomic mass is 10.1. The molecule has 130 valence electrons. The molecule has 2 heterocycles. The zero-order chi connectivity index (χ0) is 17.7. The Hall–Kier alpha value is -2.51. The molecular weight excluding hydrogens is 310 g/mol. The second-order valence-corrected chi connectivity index (χ2v) is 5.94. The molecule has 1 aromatic heterocycles. The number of carbonyl (C=O) groups is 3. The van der Waals surface area contributed by atoms with Crippen LogP contribution in [-0.2, 0) is 20.8 Å². The number of aryl methyl sites for hydroxylation is 2. The van der Waals surface area contributed by atoms with E-state index in [-0.39, 0.29) is 30.8 Å². The van der Waals surface area contributed by atoms with Crippen LogP contribution in [0, 0.1) is 6.92 Å². The van der Waals surface area contributed by atoms with Crippen molar-refractivity contribution >= 4 is 17.7 Å². The lowest BCUT2D eigenvalue weighted by Gasteiger charge is -2.23. The smallest absolute Gasteiger partial charge is 0.236 e. The second kappa shape index (κ2) is 7.85. The molecular formula is C16H23N5O3. The van der Waals surface area contributed by atoms with E-state index in [0.717, 1.165) is 30.8 Å². The second-order valence-electron chi connectivity index (χ2n) is 5.94. The summed E-state index contributed by atoms with van der Waals surface area (Å²) in [6, 6.07) is 1.84. The van der Waals surface area contributed by atoms with E-state index >= 15 is 0 Å². The summed E-state index contributed by atoms with van der Waals surface area (Å²) in [6.45, 7) is 3.94. The van der Waals surface area contributed by atoms with Crippen LogP contribution in [0.3, 0.4) is 0 Å². The predicted molar refractivity (Wildman–Crippen MR) is 86.7 cm³/mol. The number of rotatable bonds is 6. The first-order valence-corrected chi connectivity index (χ1v) is 8.03. The summed E-state index contributed by atoms with van der Waals surface area (Å²) in [5, 5.41) is 2.45. The van der Waals surface area contributed by atoms with Gasteiger partial charge in [-0.05, 0) is 32.3 Å². The lowest BCUT2D eigenvalue weighted by Crippen LogP contribution is -2.33. The number of amides is 3. The van der Waals surface area contributed by atoms with Crippen LogP contribution in [0.15, 0.2) is 6.07 Å². The quantitative estimate of drug-likeness (QED) is 0.760. The summed E-state index contributed by atoms with van der Waals surface area (Å²) >= 11 is 0. The molecule has 0 bridgehead atoms. The summed E-state index contributed by atoms with van der Waals surface area (Å²) in [4.78, 5) is 44.7. The van der Waals surface area contributed by atoms with E-state index in [0.29, 0.717) is 12.2 Å². The first-order valence-electron chi connectivity index (χ1n) is 8.03. The van der Waals surface area contributed by atoms with E-state index in [1.807, 2.05) is 11.0 Å². The van der Waals surface area contributed by atoms with Crippen molar-refractivity contribution in [2.75, 3.05) is 13.1 Å². The number of hydrogen-bond donors (Lipinski definition) is 2. The summed E-state index contributed by atoms with van der Waals surface area (Å²) in [7, 11) is 0. The van der Waals surface area contributed by atoms with Crippen molar-refractivity contribution in [1.82, 2.24) is 20.2 Å². The van der Waals surface area contributed by atoms with E-state index in [9.17, 15) is 14.4 Å². The maximum Gasteiger partial charge on any atom is 0.236 e. The van der Waals surface area contributed by atoms with E-state index in [2.05, 4.69) is 15.3 Å². The van der Waals surface area contributed by atoms with Gasteiger partial charge in [-0.25, -0.2) is 9.97 Å². The molecule has 0 aromatic carbocycles. The molecule has 1 aliphatic rings. The lowest BCUT2D eigenvalue weighted by molar-refractivity contribution is -0.129.